The Labute approximate surface area is 147 Å². The molecule has 2 aromatic rings. The van der Waals surface area contributed by atoms with Crippen molar-refractivity contribution in [2.45, 2.75) is 31.2 Å². The van der Waals surface area contributed by atoms with Crippen LogP contribution in [0.5, 0.6) is 0 Å². The molecular formula is C18H23ClN4O. The number of aromatic nitrogens is 2. The smallest absolute Gasteiger partial charge is 0.247 e. The van der Waals surface area contributed by atoms with Gasteiger partial charge < -0.3 is 9.32 Å². The number of piperidine rings is 1. The van der Waals surface area contributed by atoms with Crippen LogP contribution in [-0.4, -0.2) is 59.3 Å². The van der Waals surface area contributed by atoms with Gasteiger partial charge in [-0.1, -0.05) is 11.6 Å². The third kappa shape index (κ3) is 3.34. The first-order chi connectivity index (χ1) is 11.7. The average Bonchev–Trinajstić information content (AvgIpc) is 3.25. The van der Waals surface area contributed by atoms with Gasteiger partial charge in [0.2, 0.25) is 11.8 Å². The lowest BCUT2D eigenvalue weighted by molar-refractivity contribution is 0.141. The molecule has 24 heavy (non-hydrogen) atoms. The van der Waals surface area contributed by atoms with Gasteiger partial charge in [-0.05, 0) is 70.2 Å². The molecule has 1 aromatic heterocycles. The van der Waals surface area contributed by atoms with Gasteiger partial charge in [0.25, 0.3) is 0 Å². The Morgan fingerprint density at radius 2 is 1.79 bits per heavy atom. The second kappa shape index (κ2) is 6.82. The molecule has 1 aromatic carbocycles. The molecule has 5 nitrogen and oxygen atoms in total. The number of likely N-dealkylation sites (tertiary alicyclic amines) is 2. The lowest BCUT2D eigenvalue weighted by Gasteiger charge is -2.35. The van der Waals surface area contributed by atoms with E-state index in [1.165, 1.54) is 25.9 Å². The molecule has 0 amide bonds. The summed E-state index contributed by atoms with van der Waals surface area (Å²) in [5.41, 5.74) is 0.920. The molecule has 0 spiro atoms. The van der Waals surface area contributed by atoms with E-state index in [4.69, 9.17) is 16.0 Å². The number of hydrogen-bond acceptors (Lipinski definition) is 5. The predicted molar refractivity (Wildman–Crippen MR) is 94.2 cm³/mol. The largest absolute Gasteiger partial charge is 0.420 e. The Bertz CT molecular complexity index is 679. The maximum atomic E-state index is 5.95. The molecule has 0 saturated carbocycles. The van der Waals surface area contributed by atoms with Crippen LogP contribution in [0, 0.1) is 0 Å². The molecular weight excluding hydrogens is 324 g/mol. The summed E-state index contributed by atoms with van der Waals surface area (Å²) >= 11 is 5.93. The molecule has 4 rings (SSSR count). The molecule has 0 radical (unpaired) electrons. The first-order valence-electron chi connectivity index (χ1n) is 8.71. The Morgan fingerprint density at radius 3 is 2.54 bits per heavy atom. The van der Waals surface area contributed by atoms with Crippen molar-refractivity contribution in [3.8, 4) is 11.5 Å². The predicted octanol–water partition coefficient (Wildman–Crippen LogP) is 3.27. The van der Waals surface area contributed by atoms with E-state index >= 15 is 0 Å². The van der Waals surface area contributed by atoms with Crippen molar-refractivity contribution in [3.63, 3.8) is 0 Å². The van der Waals surface area contributed by atoms with Crippen LogP contribution in [0.3, 0.4) is 0 Å². The van der Waals surface area contributed by atoms with E-state index in [-0.39, 0.29) is 0 Å². The van der Waals surface area contributed by atoms with Crippen molar-refractivity contribution >= 4 is 11.6 Å². The van der Waals surface area contributed by atoms with E-state index in [2.05, 4.69) is 27.0 Å². The molecule has 0 bridgehead atoms. The van der Waals surface area contributed by atoms with Crippen LogP contribution >= 0.6 is 11.6 Å². The Kier molecular flexibility index (Phi) is 4.57. The molecule has 2 aliphatic rings. The van der Waals surface area contributed by atoms with Gasteiger partial charge in [-0.15, -0.1) is 10.2 Å². The van der Waals surface area contributed by atoms with Crippen molar-refractivity contribution in [2.75, 3.05) is 33.2 Å². The fourth-order valence-electron chi connectivity index (χ4n) is 3.79. The first-order valence-corrected chi connectivity index (χ1v) is 9.09. The van der Waals surface area contributed by atoms with Crippen molar-refractivity contribution in [1.82, 2.24) is 20.0 Å². The number of rotatable bonds is 3. The highest BCUT2D eigenvalue weighted by atomic mass is 35.5. The quantitative estimate of drug-likeness (QED) is 0.853. The molecule has 6 heteroatoms. The minimum Gasteiger partial charge on any atom is -0.420 e. The number of nitrogens with zero attached hydrogens (tertiary/aromatic N) is 4. The summed E-state index contributed by atoms with van der Waals surface area (Å²) in [4.78, 5) is 5.03. The van der Waals surface area contributed by atoms with E-state index < -0.39 is 0 Å². The van der Waals surface area contributed by atoms with Crippen LogP contribution in [0.4, 0.5) is 0 Å². The fraction of sp³-hybridized carbons (Fsp3) is 0.556. The minimum absolute atomic E-state index is 0.359. The van der Waals surface area contributed by atoms with Gasteiger partial charge in [0.15, 0.2) is 0 Å². The van der Waals surface area contributed by atoms with Gasteiger partial charge in [-0.3, -0.25) is 4.90 Å². The van der Waals surface area contributed by atoms with Crippen molar-refractivity contribution < 1.29 is 4.42 Å². The molecule has 2 fully saturated rings. The van der Waals surface area contributed by atoms with Gasteiger partial charge in [-0.25, -0.2) is 0 Å². The third-order valence-corrected chi connectivity index (χ3v) is 5.56. The molecule has 3 heterocycles. The molecule has 1 unspecified atom stereocenters. The Hall–Kier alpha value is -1.43. The normalized spacial score (nSPS) is 23.8. The van der Waals surface area contributed by atoms with Crippen LogP contribution in [0.1, 0.15) is 31.1 Å². The lowest BCUT2D eigenvalue weighted by atomic mass is 10.0. The second-order valence-corrected chi connectivity index (χ2v) is 7.40. The highest BCUT2D eigenvalue weighted by molar-refractivity contribution is 6.30. The van der Waals surface area contributed by atoms with Gasteiger partial charge in [-0.2, -0.15) is 0 Å². The molecule has 128 valence electrons. The van der Waals surface area contributed by atoms with Crippen molar-refractivity contribution in [3.05, 3.63) is 35.2 Å². The summed E-state index contributed by atoms with van der Waals surface area (Å²) in [5.74, 6) is 1.72. The number of hydrogen-bond donors (Lipinski definition) is 0. The van der Waals surface area contributed by atoms with Gasteiger partial charge in [0, 0.05) is 23.2 Å². The van der Waals surface area contributed by atoms with Crippen molar-refractivity contribution in [2.24, 2.45) is 0 Å². The van der Waals surface area contributed by atoms with E-state index in [9.17, 15) is 0 Å². The van der Waals surface area contributed by atoms with Crippen LogP contribution < -0.4 is 0 Å². The average molecular weight is 347 g/mol. The monoisotopic (exact) mass is 346 g/mol. The molecule has 0 N–H and O–H groups in total. The standard InChI is InChI=1S/C18H23ClN4O/c1-22-9-7-16(8-10-22)23-11-6-14(12-23)18-21-20-17(24-18)13-2-4-15(19)5-3-13/h2-5,14,16H,6-12H2,1H3. The summed E-state index contributed by atoms with van der Waals surface area (Å²) in [6.07, 6.45) is 3.64. The van der Waals surface area contributed by atoms with Gasteiger partial charge in [0.05, 0.1) is 5.92 Å². The summed E-state index contributed by atoms with van der Waals surface area (Å²) in [7, 11) is 2.21. The maximum Gasteiger partial charge on any atom is 0.247 e. The SMILES string of the molecule is CN1CCC(N2CCC(c3nnc(-c4ccc(Cl)cc4)o3)C2)CC1. The maximum absolute atomic E-state index is 5.95. The van der Waals surface area contributed by atoms with E-state index in [1.807, 2.05) is 24.3 Å². The molecule has 0 aliphatic carbocycles. The van der Waals surface area contributed by atoms with E-state index in [1.54, 1.807) is 0 Å². The Balaban J connectivity index is 1.41. The van der Waals surface area contributed by atoms with E-state index in [0.29, 0.717) is 22.9 Å². The zero-order valence-electron chi connectivity index (χ0n) is 14.0. The lowest BCUT2D eigenvalue weighted by Crippen LogP contribution is -2.42. The third-order valence-electron chi connectivity index (χ3n) is 5.31. The summed E-state index contributed by atoms with van der Waals surface area (Å²) in [6.45, 7) is 4.58. The first kappa shape index (κ1) is 16.1. The number of benzene rings is 1. The zero-order valence-corrected chi connectivity index (χ0v) is 14.7. The van der Waals surface area contributed by atoms with Gasteiger partial charge in [0.1, 0.15) is 0 Å². The topological polar surface area (TPSA) is 45.4 Å². The highest BCUT2D eigenvalue weighted by Gasteiger charge is 2.33. The zero-order chi connectivity index (χ0) is 16.5. The number of halogens is 1. The van der Waals surface area contributed by atoms with Crippen molar-refractivity contribution in [1.29, 1.82) is 0 Å². The second-order valence-electron chi connectivity index (χ2n) is 6.97. The van der Waals surface area contributed by atoms with Crippen LogP contribution in [0.25, 0.3) is 11.5 Å². The van der Waals surface area contributed by atoms with Crippen LogP contribution in [0.15, 0.2) is 28.7 Å². The Morgan fingerprint density at radius 1 is 1.04 bits per heavy atom. The van der Waals surface area contributed by atoms with Crippen LogP contribution in [0.2, 0.25) is 5.02 Å². The summed E-state index contributed by atoms with van der Waals surface area (Å²) in [6, 6.07) is 8.24. The molecule has 1 atom stereocenters. The fourth-order valence-corrected chi connectivity index (χ4v) is 3.92. The molecule has 2 saturated heterocycles. The minimum atomic E-state index is 0.359. The highest BCUT2D eigenvalue weighted by Crippen LogP contribution is 2.31. The van der Waals surface area contributed by atoms with Crippen LogP contribution in [-0.2, 0) is 0 Å². The summed E-state index contributed by atoms with van der Waals surface area (Å²) in [5, 5.41) is 9.24. The van der Waals surface area contributed by atoms with Gasteiger partial charge >= 0.3 is 0 Å². The molecule has 2 aliphatic heterocycles. The summed E-state index contributed by atoms with van der Waals surface area (Å²) < 4.78 is 5.95. The van der Waals surface area contributed by atoms with E-state index in [0.717, 1.165) is 31.0 Å².